The lowest BCUT2D eigenvalue weighted by molar-refractivity contribution is 0.290. The highest BCUT2D eigenvalue weighted by atomic mass is 15.5. The molecule has 0 saturated heterocycles. The topological polar surface area (TPSA) is 102 Å². The lowest BCUT2D eigenvalue weighted by atomic mass is 9.85. The summed E-state index contributed by atoms with van der Waals surface area (Å²) >= 11 is 0. The van der Waals surface area contributed by atoms with E-state index in [2.05, 4.69) is 188 Å². The predicted molar refractivity (Wildman–Crippen MR) is 266 cm³/mol. The molecule has 0 bridgehead atoms. The molecule has 0 N–H and O–H groups in total. The van der Waals surface area contributed by atoms with Crippen molar-refractivity contribution >= 4 is 12.4 Å². The number of fused-ring (bicyclic) bond motifs is 4. The number of hydrogen-bond acceptors (Lipinski definition) is 11. The van der Waals surface area contributed by atoms with Crippen LogP contribution in [0.5, 0.6) is 0 Å². The Bertz CT molecular complexity index is 1990. The summed E-state index contributed by atoms with van der Waals surface area (Å²) < 4.78 is 0. The lowest BCUT2D eigenvalue weighted by Crippen LogP contribution is -2.32. The van der Waals surface area contributed by atoms with Crippen LogP contribution in [-0.4, -0.2) is 110 Å². The second-order valence-corrected chi connectivity index (χ2v) is 18.3. The molecule has 8 unspecified atom stereocenters. The summed E-state index contributed by atoms with van der Waals surface area (Å²) in [5, 5.41) is 20.2. The second kappa shape index (κ2) is 22.1. The smallest absolute Gasteiger partial charge is 0.147 e. The molecule has 0 radical (unpaired) electrons. The summed E-state index contributed by atoms with van der Waals surface area (Å²) in [4.78, 5) is 16.4. The summed E-state index contributed by atoms with van der Waals surface area (Å²) in [7, 11) is 8.38. The Kier molecular flexibility index (Phi) is 16.9. The minimum absolute atomic E-state index is 0.481. The molecule has 8 aliphatic rings. The van der Waals surface area contributed by atoms with Crippen LogP contribution in [0.2, 0.25) is 0 Å². The fourth-order valence-corrected chi connectivity index (χ4v) is 9.12. The van der Waals surface area contributed by atoms with Crippen molar-refractivity contribution < 1.29 is 0 Å². The third-order valence-electron chi connectivity index (χ3n) is 13.0. The SMILES string of the molecule is CC1=CC=C(C)C2C1C=CN2C.CC1=CC=C(C)C2C1C=CN2C.CC1=CC=C(C)C2C1C=NN2C.CC1=CC=C(C)C2C1C=NN2C.Cc1cnc(C)nc1.Cc1cnc(C)nn1. The van der Waals surface area contributed by atoms with Crippen LogP contribution in [0.25, 0.3) is 0 Å². The Morgan fingerprint density at radius 2 is 0.719 bits per heavy atom. The number of allylic oxidation sites excluding steroid dienone is 8. The molecule has 2 aromatic rings. The first-order valence-electron chi connectivity index (χ1n) is 22.5. The highest BCUT2D eigenvalue weighted by Crippen LogP contribution is 2.36. The van der Waals surface area contributed by atoms with Crippen molar-refractivity contribution in [2.75, 3.05) is 28.2 Å². The number of aromatic nitrogens is 5. The zero-order valence-corrected chi connectivity index (χ0v) is 41.4. The van der Waals surface area contributed by atoms with E-state index in [-0.39, 0.29) is 0 Å². The summed E-state index contributed by atoms with van der Waals surface area (Å²) in [6.45, 7) is 25.1. The number of hydrazone groups is 2. The Balaban J connectivity index is 0.000000146. The van der Waals surface area contributed by atoms with E-state index < -0.39 is 0 Å². The van der Waals surface area contributed by atoms with E-state index in [1.807, 2.05) is 76.6 Å². The first-order valence-corrected chi connectivity index (χ1v) is 22.5. The van der Waals surface area contributed by atoms with Crippen LogP contribution >= 0.6 is 0 Å². The Hall–Kier alpha value is -5.97. The summed E-state index contributed by atoms with van der Waals surface area (Å²) in [6, 6.07) is 2.15. The van der Waals surface area contributed by atoms with Gasteiger partial charge >= 0.3 is 0 Å². The second-order valence-electron chi connectivity index (χ2n) is 18.3. The van der Waals surface area contributed by atoms with Gasteiger partial charge in [0.25, 0.3) is 0 Å². The number of aryl methyl sites for hydroxylation is 4. The van der Waals surface area contributed by atoms with Gasteiger partial charge in [0.1, 0.15) is 11.6 Å². The molecule has 10 rings (SSSR count). The molecule has 340 valence electrons. The molecule has 6 heterocycles. The quantitative estimate of drug-likeness (QED) is 0.256. The highest BCUT2D eigenvalue weighted by Gasteiger charge is 2.34. The van der Waals surface area contributed by atoms with Crippen molar-refractivity contribution in [1.82, 2.24) is 45.0 Å². The van der Waals surface area contributed by atoms with Gasteiger partial charge in [-0.15, -0.1) is 5.10 Å². The van der Waals surface area contributed by atoms with E-state index in [4.69, 9.17) is 0 Å². The molecule has 0 fully saturated rings. The van der Waals surface area contributed by atoms with Crippen LogP contribution in [0, 0.1) is 51.4 Å². The molecule has 0 amide bonds. The van der Waals surface area contributed by atoms with Crippen LogP contribution in [0.3, 0.4) is 0 Å². The van der Waals surface area contributed by atoms with Crippen LogP contribution in [-0.2, 0) is 0 Å². The van der Waals surface area contributed by atoms with E-state index >= 15 is 0 Å². The third-order valence-corrected chi connectivity index (χ3v) is 13.0. The lowest BCUT2D eigenvalue weighted by Gasteiger charge is -2.30. The first kappa shape index (κ1) is 49.1. The number of likely N-dealkylation sites (N-methyl/N-ethyl adjacent to an activating group) is 4. The Labute approximate surface area is 384 Å². The van der Waals surface area contributed by atoms with Crippen molar-refractivity contribution in [2.45, 2.75) is 107 Å². The molecule has 64 heavy (non-hydrogen) atoms. The molecule has 2 aromatic heterocycles. The summed E-state index contributed by atoms with van der Waals surface area (Å²) in [5.41, 5.74) is 13.5. The molecule has 0 saturated carbocycles. The van der Waals surface area contributed by atoms with Crippen LogP contribution in [0.15, 0.2) is 147 Å². The van der Waals surface area contributed by atoms with Gasteiger partial charge in [0.15, 0.2) is 0 Å². The normalized spacial score (nSPS) is 27.1. The zero-order valence-electron chi connectivity index (χ0n) is 41.4. The van der Waals surface area contributed by atoms with Gasteiger partial charge in [-0.25, -0.2) is 15.0 Å². The van der Waals surface area contributed by atoms with E-state index in [1.54, 1.807) is 6.20 Å². The molecule has 4 aliphatic heterocycles. The Morgan fingerprint density at radius 1 is 0.375 bits per heavy atom. The van der Waals surface area contributed by atoms with Crippen molar-refractivity contribution in [3.63, 3.8) is 0 Å². The van der Waals surface area contributed by atoms with Gasteiger partial charge in [-0.1, -0.05) is 94.2 Å². The summed E-state index contributed by atoms with van der Waals surface area (Å²) in [6.07, 6.45) is 36.1. The van der Waals surface area contributed by atoms with Crippen molar-refractivity contribution in [2.24, 2.45) is 33.9 Å². The van der Waals surface area contributed by atoms with Crippen molar-refractivity contribution in [3.8, 4) is 0 Å². The zero-order chi connectivity index (χ0) is 46.8. The minimum atomic E-state index is 0.481. The fraction of sp³-hybridized carbons (Fsp3) is 0.453. The standard InChI is InChI=1S/2C11H15N.2C10H14N2.C6H8N2.C5H7N3/c2*1-8-4-5-9(2)11-10(8)6-7-12(11)3;2*1-7-4-5-8(2)10-9(7)6-11-12(10)3;1-5-3-7-6(2)8-4-5;1-4-3-6-5(2)8-7-4/h2*4-7,10-11H,1-3H3;2*4-6,9-10H,1-3H3;3-4H,1-2H3;3H,1-2H3. The highest BCUT2D eigenvalue weighted by molar-refractivity contribution is 5.71. The average molecular weight is 864 g/mol. The third kappa shape index (κ3) is 12.2. The maximum absolute atomic E-state index is 4.31. The Morgan fingerprint density at radius 3 is 1.03 bits per heavy atom. The van der Waals surface area contributed by atoms with Gasteiger partial charge in [-0.05, 0) is 112 Å². The van der Waals surface area contributed by atoms with E-state index in [0.29, 0.717) is 47.8 Å². The molecule has 8 atom stereocenters. The van der Waals surface area contributed by atoms with Gasteiger partial charge in [-0.2, -0.15) is 15.3 Å². The number of hydrogen-bond donors (Lipinski definition) is 0. The van der Waals surface area contributed by atoms with Crippen molar-refractivity contribution in [3.05, 3.63) is 159 Å². The van der Waals surface area contributed by atoms with Crippen molar-refractivity contribution in [1.29, 1.82) is 0 Å². The maximum atomic E-state index is 4.31. The summed E-state index contributed by atoms with van der Waals surface area (Å²) in [5.74, 6) is 3.83. The first-order chi connectivity index (χ1) is 30.4. The monoisotopic (exact) mass is 864 g/mol. The predicted octanol–water partition coefficient (Wildman–Crippen LogP) is 9.87. The largest absolute Gasteiger partial charge is 0.373 e. The van der Waals surface area contributed by atoms with E-state index in [1.165, 1.54) is 44.6 Å². The van der Waals surface area contributed by atoms with E-state index in [0.717, 1.165) is 22.9 Å². The van der Waals surface area contributed by atoms with Crippen LogP contribution in [0.1, 0.15) is 78.3 Å². The average Bonchev–Trinajstić information content (AvgIpc) is 4.08. The molecular formula is C53H73N11. The molecule has 4 aliphatic carbocycles. The van der Waals surface area contributed by atoms with Gasteiger partial charge in [-0.3, -0.25) is 10.0 Å². The van der Waals surface area contributed by atoms with Gasteiger partial charge in [0.05, 0.1) is 36.1 Å². The minimum Gasteiger partial charge on any atom is -0.373 e. The van der Waals surface area contributed by atoms with Crippen LogP contribution in [0.4, 0.5) is 0 Å². The molecule has 11 heteroatoms. The van der Waals surface area contributed by atoms with E-state index in [9.17, 15) is 0 Å². The molecule has 0 aromatic carbocycles. The van der Waals surface area contributed by atoms with Gasteiger partial charge in [0.2, 0.25) is 0 Å². The maximum Gasteiger partial charge on any atom is 0.147 e. The molecule has 0 spiro atoms. The fourth-order valence-electron chi connectivity index (χ4n) is 9.12. The molecule has 11 nitrogen and oxygen atoms in total. The van der Waals surface area contributed by atoms with Gasteiger partial charge < -0.3 is 9.80 Å². The number of rotatable bonds is 0. The van der Waals surface area contributed by atoms with Gasteiger partial charge in [0, 0.05) is 76.7 Å². The number of nitrogens with zero attached hydrogens (tertiary/aromatic N) is 11. The molecular weight excluding hydrogens is 791 g/mol. The van der Waals surface area contributed by atoms with Crippen LogP contribution < -0.4 is 0 Å².